The summed E-state index contributed by atoms with van der Waals surface area (Å²) in [5.41, 5.74) is 6.82. The molecular weight excluding hydrogens is 476 g/mol. The van der Waals surface area contributed by atoms with E-state index in [4.69, 9.17) is 21.7 Å². The van der Waals surface area contributed by atoms with Crippen LogP contribution < -0.4 is 4.90 Å². The molecule has 0 saturated carbocycles. The van der Waals surface area contributed by atoms with Gasteiger partial charge in [-0.05, 0) is 55.2 Å². The summed E-state index contributed by atoms with van der Waals surface area (Å²) in [6.45, 7) is 9.22. The molecule has 0 unspecified atom stereocenters. The minimum atomic E-state index is -0.150. The van der Waals surface area contributed by atoms with Crippen LogP contribution in [-0.4, -0.2) is 32.8 Å². The first kappa shape index (κ1) is 23.9. The number of halogens is 1. The topological polar surface area (TPSA) is 50.5 Å². The van der Waals surface area contributed by atoms with Gasteiger partial charge in [0.1, 0.15) is 5.03 Å². The van der Waals surface area contributed by atoms with Crippen LogP contribution >= 0.6 is 23.4 Å². The number of para-hydroxylation sites is 1. The third kappa shape index (κ3) is 4.69. The Morgan fingerprint density at radius 1 is 1.11 bits per heavy atom. The van der Waals surface area contributed by atoms with Crippen LogP contribution in [0.25, 0.3) is 16.8 Å². The lowest BCUT2D eigenvalue weighted by molar-refractivity contribution is -0.116. The van der Waals surface area contributed by atoms with Crippen molar-refractivity contribution < 1.29 is 4.79 Å². The van der Waals surface area contributed by atoms with E-state index < -0.39 is 0 Å². The van der Waals surface area contributed by atoms with E-state index in [1.54, 1.807) is 0 Å². The number of benzene rings is 2. The first-order chi connectivity index (χ1) is 16.7. The van der Waals surface area contributed by atoms with Gasteiger partial charge >= 0.3 is 0 Å². The maximum Gasteiger partial charge on any atom is 0.237 e. The van der Waals surface area contributed by atoms with E-state index in [1.807, 2.05) is 52.7 Å². The number of aromatic nitrogens is 3. The molecule has 5 nitrogen and oxygen atoms in total. The number of nitrogens with zero attached hydrogens (tertiary/aromatic N) is 4. The maximum absolute atomic E-state index is 13.3. The molecule has 0 fully saturated rings. The molecule has 2 aromatic heterocycles. The van der Waals surface area contributed by atoms with Gasteiger partial charge in [-0.15, -0.1) is 0 Å². The van der Waals surface area contributed by atoms with Gasteiger partial charge in [0.15, 0.2) is 5.65 Å². The number of carbonyl (C=O) groups excluding carboxylic acids is 1. The Kier molecular flexibility index (Phi) is 6.36. The van der Waals surface area contributed by atoms with Crippen LogP contribution in [0.4, 0.5) is 5.69 Å². The highest BCUT2D eigenvalue weighted by atomic mass is 35.5. The Bertz CT molecular complexity index is 1410. The summed E-state index contributed by atoms with van der Waals surface area (Å²) in [5.74, 6) is 0.456. The highest BCUT2D eigenvalue weighted by molar-refractivity contribution is 7.99. The van der Waals surface area contributed by atoms with Crippen LogP contribution in [0.5, 0.6) is 0 Å². The van der Waals surface area contributed by atoms with Crippen LogP contribution in [0.3, 0.4) is 0 Å². The minimum Gasteiger partial charge on any atom is -0.311 e. The van der Waals surface area contributed by atoms with Crippen LogP contribution in [0.1, 0.15) is 44.1 Å². The number of amides is 1. The van der Waals surface area contributed by atoms with E-state index in [0.717, 1.165) is 58.3 Å². The van der Waals surface area contributed by atoms with Crippen molar-refractivity contribution in [3.63, 3.8) is 0 Å². The number of hydrogen-bond acceptors (Lipinski definition) is 4. The van der Waals surface area contributed by atoms with Crippen molar-refractivity contribution in [1.29, 1.82) is 0 Å². The first-order valence-electron chi connectivity index (χ1n) is 11.9. The smallest absolute Gasteiger partial charge is 0.237 e. The summed E-state index contributed by atoms with van der Waals surface area (Å²) in [4.78, 5) is 20.3. The fourth-order valence-electron chi connectivity index (χ4n) is 4.54. The number of carbonyl (C=O) groups is 1. The highest BCUT2D eigenvalue weighted by Gasteiger charge is 2.25. The Hall–Kier alpha value is -2.83. The van der Waals surface area contributed by atoms with Gasteiger partial charge in [-0.2, -0.15) is 5.10 Å². The van der Waals surface area contributed by atoms with Gasteiger partial charge in [0.25, 0.3) is 0 Å². The van der Waals surface area contributed by atoms with E-state index in [1.165, 1.54) is 17.3 Å². The lowest BCUT2D eigenvalue weighted by Crippen LogP contribution is -2.36. The van der Waals surface area contributed by atoms with E-state index in [2.05, 4.69) is 39.0 Å². The molecule has 7 heteroatoms. The van der Waals surface area contributed by atoms with E-state index in [-0.39, 0.29) is 11.3 Å². The second kappa shape index (κ2) is 9.32. The van der Waals surface area contributed by atoms with Crippen LogP contribution in [0, 0.1) is 6.92 Å². The Balaban J connectivity index is 1.52. The predicted molar refractivity (Wildman–Crippen MR) is 145 cm³/mol. The molecule has 4 aromatic rings. The van der Waals surface area contributed by atoms with Gasteiger partial charge in [0.2, 0.25) is 5.91 Å². The molecule has 2 aromatic carbocycles. The highest BCUT2D eigenvalue weighted by Crippen LogP contribution is 2.34. The van der Waals surface area contributed by atoms with Gasteiger partial charge in [-0.1, -0.05) is 74.5 Å². The van der Waals surface area contributed by atoms with Crippen molar-refractivity contribution in [1.82, 2.24) is 14.6 Å². The molecular formula is C28H29ClN4OS. The van der Waals surface area contributed by atoms with Crippen LogP contribution in [-0.2, 0) is 16.6 Å². The fraction of sp³-hybridized carbons (Fsp3) is 0.321. The van der Waals surface area contributed by atoms with Gasteiger partial charge < -0.3 is 4.90 Å². The SMILES string of the molecule is Cc1nn2c(SCC(=O)N3CCCc4ccccc43)cc(C(C)(C)C)nc2c1-c1ccc(Cl)cc1. The van der Waals surface area contributed by atoms with Crippen molar-refractivity contribution >= 4 is 40.6 Å². The molecule has 0 aliphatic carbocycles. The molecule has 0 saturated heterocycles. The zero-order valence-electron chi connectivity index (χ0n) is 20.5. The molecule has 180 valence electrons. The summed E-state index contributed by atoms with van der Waals surface area (Å²) < 4.78 is 1.89. The molecule has 0 spiro atoms. The molecule has 0 atom stereocenters. The molecule has 5 rings (SSSR count). The number of rotatable bonds is 4. The third-order valence-electron chi connectivity index (χ3n) is 6.39. The fourth-order valence-corrected chi connectivity index (χ4v) is 5.54. The van der Waals surface area contributed by atoms with Crippen molar-refractivity contribution in [2.24, 2.45) is 0 Å². The van der Waals surface area contributed by atoms with E-state index in [9.17, 15) is 4.79 Å². The lowest BCUT2D eigenvalue weighted by Gasteiger charge is -2.29. The van der Waals surface area contributed by atoms with E-state index >= 15 is 0 Å². The standard InChI is InChI=1S/C28H29ClN4OS/c1-18-26(20-11-13-21(29)14-12-20)27-30-23(28(2,3)4)16-25(33(27)31-18)35-17-24(34)32-15-7-9-19-8-5-6-10-22(19)32/h5-6,8,10-14,16H,7,9,15,17H2,1-4H3. The Morgan fingerprint density at radius 2 is 1.86 bits per heavy atom. The summed E-state index contributed by atoms with van der Waals surface area (Å²) >= 11 is 7.66. The van der Waals surface area contributed by atoms with Crippen molar-refractivity contribution in [3.05, 3.63) is 76.6 Å². The second-order valence-electron chi connectivity index (χ2n) is 10.00. The molecule has 0 N–H and O–H groups in total. The average molecular weight is 505 g/mol. The third-order valence-corrected chi connectivity index (χ3v) is 7.62. The number of aryl methyl sites for hydroxylation is 2. The second-order valence-corrected chi connectivity index (χ2v) is 11.4. The molecule has 0 bridgehead atoms. The van der Waals surface area contributed by atoms with Crippen LogP contribution in [0.2, 0.25) is 5.02 Å². The summed E-state index contributed by atoms with van der Waals surface area (Å²) in [6, 6.07) is 18.1. The number of thioether (sulfide) groups is 1. The largest absolute Gasteiger partial charge is 0.311 e. The first-order valence-corrected chi connectivity index (χ1v) is 13.3. The summed E-state index contributed by atoms with van der Waals surface area (Å²) in [7, 11) is 0. The lowest BCUT2D eigenvalue weighted by atomic mass is 9.92. The zero-order chi connectivity index (χ0) is 24.7. The predicted octanol–water partition coefficient (Wildman–Crippen LogP) is 6.73. The molecule has 1 aliphatic rings. The Morgan fingerprint density at radius 3 is 2.60 bits per heavy atom. The van der Waals surface area contributed by atoms with Crippen molar-refractivity contribution in [3.8, 4) is 11.1 Å². The molecule has 1 amide bonds. The minimum absolute atomic E-state index is 0.117. The van der Waals surface area contributed by atoms with Gasteiger partial charge in [-0.25, -0.2) is 9.50 Å². The number of anilines is 1. The van der Waals surface area contributed by atoms with Crippen LogP contribution in [0.15, 0.2) is 59.6 Å². The monoisotopic (exact) mass is 504 g/mol. The summed E-state index contributed by atoms with van der Waals surface area (Å²) in [5, 5.41) is 6.45. The number of hydrogen-bond donors (Lipinski definition) is 0. The summed E-state index contributed by atoms with van der Waals surface area (Å²) in [6.07, 6.45) is 2.01. The maximum atomic E-state index is 13.3. The van der Waals surface area contributed by atoms with E-state index in [0.29, 0.717) is 10.8 Å². The molecule has 0 radical (unpaired) electrons. The van der Waals surface area contributed by atoms with Crippen molar-refractivity contribution in [2.45, 2.75) is 51.0 Å². The van der Waals surface area contributed by atoms with Gasteiger partial charge in [0.05, 0.1) is 17.1 Å². The molecule has 3 heterocycles. The normalized spacial score (nSPS) is 13.8. The number of fused-ring (bicyclic) bond motifs is 2. The van der Waals surface area contributed by atoms with Gasteiger partial charge in [-0.3, -0.25) is 4.79 Å². The molecule has 1 aliphatic heterocycles. The molecule has 35 heavy (non-hydrogen) atoms. The quantitative estimate of drug-likeness (QED) is 0.228. The van der Waals surface area contributed by atoms with Gasteiger partial charge in [0, 0.05) is 28.2 Å². The average Bonchev–Trinajstić information content (AvgIpc) is 3.17. The van der Waals surface area contributed by atoms with Crippen molar-refractivity contribution in [2.75, 3.05) is 17.2 Å². The Labute approximate surface area is 215 Å². The zero-order valence-corrected chi connectivity index (χ0v) is 22.1.